The molecule has 94 valence electrons. The normalized spacial score (nSPS) is 16.4. The number of benzene rings is 1. The Labute approximate surface area is 117 Å². The molecule has 17 heavy (non-hydrogen) atoms. The number of nitrogen functional groups attached to an aromatic ring is 1. The van der Waals surface area contributed by atoms with Gasteiger partial charge < -0.3 is 15.5 Å². The van der Waals surface area contributed by atoms with Crippen molar-refractivity contribution in [1.82, 2.24) is 4.90 Å². The minimum absolute atomic E-state index is 0.839. The summed E-state index contributed by atoms with van der Waals surface area (Å²) in [6.45, 7) is 4.79. The van der Waals surface area contributed by atoms with Crippen molar-refractivity contribution in [3.05, 3.63) is 21.8 Å². The van der Waals surface area contributed by atoms with Gasteiger partial charge in [-0.1, -0.05) is 0 Å². The van der Waals surface area contributed by atoms with E-state index in [1.807, 2.05) is 12.1 Å². The highest BCUT2D eigenvalue weighted by Gasteiger charge is 2.12. The minimum Gasteiger partial charge on any atom is -0.399 e. The first-order chi connectivity index (χ1) is 8.16. The Balaban J connectivity index is 1.91. The van der Waals surface area contributed by atoms with Gasteiger partial charge in [0, 0.05) is 29.4 Å². The van der Waals surface area contributed by atoms with Crippen LogP contribution < -0.4 is 10.6 Å². The maximum atomic E-state index is 5.77. The largest absolute Gasteiger partial charge is 0.399 e. The molecule has 1 aliphatic rings. The smallest absolute Gasteiger partial charge is 0.0501 e. The van der Waals surface area contributed by atoms with Gasteiger partial charge in [-0.25, -0.2) is 0 Å². The van der Waals surface area contributed by atoms with Gasteiger partial charge in [-0.2, -0.15) is 0 Å². The van der Waals surface area contributed by atoms with E-state index in [1.54, 1.807) is 0 Å². The van der Waals surface area contributed by atoms with Crippen LogP contribution in [-0.4, -0.2) is 38.1 Å². The zero-order valence-electron chi connectivity index (χ0n) is 10.3. The molecule has 0 bridgehead atoms. The highest BCUT2D eigenvalue weighted by Crippen LogP contribution is 2.23. The molecule has 0 radical (unpaired) electrons. The fourth-order valence-corrected chi connectivity index (χ4v) is 3.20. The molecular formula is C13H20IN3. The maximum absolute atomic E-state index is 5.77. The van der Waals surface area contributed by atoms with Crippen LogP contribution >= 0.6 is 22.6 Å². The van der Waals surface area contributed by atoms with Gasteiger partial charge in [0.05, 0.1) is 5.69 Å². The Kier molecular flexibility index (Phi) is 4.50. The van der Waals surface area contributed by atoms with Gasteiger partial charge in [-0.3, -0.25) is 0 Å². The van der Waals surface area contributed by atoms with Crippen LogP contribution in [0.25, 0.3) is 0 Å². The summed E-state index contributed by atoms with van der Waals surface area (Å²) in [5, 5.41) is 0. The van der Waals surface area contributed by atoms with E-state index >= 15 is 0 Å². The summed E-state index contributed by atoms with van der Waals surface area (Å²) in [6.07, 6.45) is 2.73. The molecule has 4 heteroatoms. The Hall–Kier alpha value is -0.490. The maximum Gasteiger partial charge on any atom is 0.0501 e. The van der Waals surface area contributed by atoms with Gasteiger partial charge in [0.1, 0.15) is 0 Å². The van der Waals surface area contributed by atoms with Crippen LogP contribution in [0.1, 0.15) is 12.8 Å². The van der Waals surface area contributed by atoms with Crippen LogP contribution in [0.15, 0.2) is 18.2 Å². The summed E-state index contributed by atoms with van der Waals surface area (Å²) >= 11 is 2.35. The number of halogens is 1. The molecule has 0 amide bonds. The van der Waals surface area contributed by atoms with Crippen LogP contribution in [-0.2, 0) is 0 Å². The van der Waals surface area contributed by atoms with Crippen molar-refractivity contribution in [3.8, 4) is 0 Å². The van der Waals surface area contributed by atoms with Crippen LogP contribution in [0.5, 0.6) is 0 Å². The Morgan fingerprint density at radius 2 is 2.06 bits per heavy atom. The van der Waals surface area contributed by atoms with Gasteiger partial charge in [0.15, 0.2) is 0 Å². The quantitative estimate of drug-likeness (QED) is 0.672. The lowest BCUT2D eigenvalue weighted by atomic mass is 10.2. The van der Waals surface area contributed by atoms with E-state index in [0.717, 1.165) is 18.8 Å². The van der Waals surface area contributed by atoms with Gasteiger partial charge in [0.2, 0.25) is 0 Å². The second kappa shape index (κ2) is 5.91. The van der Waals surface area contributed by atoms with Crippen molar-refractivity contribution < 1.29 is 0 Å². The second-order valence-electron chi connectivity index (χ2n) is 4.68. The number of hydrogen-bond donors (Lipinski definition) is 1. The van der Waals surface area contributed by atoms with Gasteiger partial charge in [-0.15, -0.1) is 0 Å². The van der Waals surface area contributed by atoms with E-state index in [-0.39, 0.29) is 0 Å². The summed E-state index contributed by atoms with van der Waals surface area (Å²) in [7, 11) is 2.16. The standard InChI is InChI=1S/C13H20IN3/c1-16(8-9-17-6-2-3-7-17)13-5-4-11(15)10-12(13)14/h4-5,10H,2-3,6-9,15H2,1H3. The monoisotopic (exact) mass is 345 g/mol. The van der Waals surface area contributed by atoms with Crippen LogP contribution in [0, 0.1) is 3.57 Å². The molecule has 2 N–H and O–H groups in total. The zero-order valence-corrected chi connectivity index (χ0v) is 12.5. The van der Waals surface area contributed by atoms with E-state index < -0.39 is 0 Å². The third kappa shape index (κ3) is 3.48. The van der Waals surface area contributed by atoms with Gasteiger partial charge in [0.25, 0.3) is 0 Å². The predicted molar refractivity (Wildman–Crippen MR) is 82.5 cm³/mol. The molecular weight excluding hydrogens is 325 g/mol. The van der Waals surface area contributed by atoms with Crippen LogP contribution in [0.2, 0.25) is 0 Å². The molecule has 1 heterocycles. The third-order valence-electron chi connectivity index (χ3n) is 3.33. The fourth-order valence-electron chi connectivity index (χ4n) is 2.25. The van der Waals surface area contributed by atoms with E-state index in [1.165, 1.54) is 35.2 Å². The summed E-state index contributed by atoms with van der Waals surface area (Å²) in [5.74, 6) is 0. The first-order valence-electron chi connectivity index (χ1n) is 6.15. The number of nitrogens with two attached hydrogens (primary N) is 1. The lowest BCUT2D eigenvalue weighted by Crippen LogP contribution is -2.31. The van der Waals surface area contributed by atoms with E-state index in [0.29, 0.717) is 0 Å². The Morgan fingerprint density at radius 3 is 2.71 bits per heavy atom. The first-order valence-corrected chi connectivity index (χ1v) is 7.23. The average molecular weight is 345 g/mol. The molecule has 0 unspecified atom stereocenters. The van der Waals surface area contributed by atoms with Crippen molar-refractivity contribution in [1.29, 1.82) is 0 Å². The first kappa shape index (κ1) is 13.0. The highest BCUT2D eigenvalue weighted by atomic mass is 127. The Bertz CT molecular complexity index is 375. The van der Waals surface area contributed by atoms with Crippen molar-refractivity contribution >= 4 is 34.0 Å². The molecule has 1 aliphatic heterocycles. The molecule has 2 rings (SSSR count). The summed E-state index contributed by atoms with van der Waals surface area (Å²) in [6, 6.07) is 6.12. The fraction of sp³-hybridized carbons (Fsp3) is 0.538. The van der Waals surface area contributed by atoms with Crippen molar-refractivity contribution in [2.45, 2.75) is 12.8 Å². The molecule has 3 nitrogen and oxygen atoms in total. The third-order valence-corrected chi connectivity index (χ3v) is 4.20. The van der Waals surface area contributed by atoms with Crippen LogP contribution in [0.4, 0.5) is 11.4 Å². The molecule has 1 aromatic rings. The lowest BCUT2D eigenvalue weighted by molar-refractivity contribution is 0.346. The molecule has 0 saturated carbocycles. The summed E-state index contributed by atoms with van der Waals surface area (Å²) in [4.78, 5) is 4.86. The lowest BCUT2D eigenvalue weighted by Gasteiger charge is -2.24. The highest BCUT2D eigenvalue weighted by molar-refractivity contribution is 14.1. The number of rotatable bonds is 4. The van der Waals surface area contributed by atoms with Crippen molar-refractivity contribution in [2.24, 2.45) is 0 Å². The number of likely N-dealkylation sites (N-methyl/N-ethyl adjacent to an activating group) is 1. The molecule has 0 aliphatic carbocycles. The molecule has 1 aromatic carbocycles. The number of hydrogen-bond acceptors (Lipinski definition) is 3. The summed E-state index contributed by atoms with van der Waals surface area (Å²) < 4.78 is 1.23. The average Bonchev–Trinajstić information content (AvgIpc) is 2.78. The molecule has 0 aromatic heterocycles. The van der Waals surface area contributed by atoms with Crippen molar-refractivity contribution in [3.63, 3.8) is 0 Å². The van der Waals surface area contributed by atoms with Gasteiger partial charge >= 0.3 is 0 Å². The molecule has 0 spiro atoms. The second-order valence-corrected chi connectivity index (χ2v) is 5.84. The number of anilines is 2. The van der Waals surface area contributed by atoms with E-state index in [2.05, 4.69) is 45.5 Å². The van der Waals surface area contributed by atoms with E-state index in [9.17, 15) is 0 Å². The Morgan fingerprint density at radius 1 is 1.35 bits per heavy atom. The molecule has 1 fully saturated rings. The zero-order chi connectivity index (χ0) is 12.3. The minimum atomic E-state index is 0.839. The molecule has 1 saturated heterocycles. The van der Waals surface area contributed by atoms with Gasteiger partial charge in [-0.05, 0) is 66.7 Å². The predicted octanol–water partition coefficient (Wildman–Crippen LogP) is 2.41. The van der Waals surface area contributed by atoms with E-state index in [4.69, 9.17) is 5.73 Å². The van der Waals surface area contributed by atoms with Crippen molar-refractivity contribution in [2.75, 3.05) is 43.9 Å². The number of nitrogens with zero attached hydrogens (tertiary/aromatic N) is 2. The topological polar surface area (TPSA) is 32.5 Å². The van der Waals surface area contributed by atoms with Crippen LogP contribution in [0.3, 0.4) is 0 Å². The SMILES string of the molecule is CN(CCN1CCCC1)c1ccc(N)cc1I. The summed E-state index contributed by atoms with van der Waals surface area (Å²) in [5.41, 5.74) is 7.89. The number of likely N-dealkylation sites (tertiary alicyclic amines) is 1. The molecule has 0 atom stereocenters.